The molecule has 0 spiro atoms. The summed E-state index contributed by atoms with van der Waals surface area (Å²) >= 11 is 0. The highest BCUT2D eigenvalue weighted by Gasteiger charge is 2.34. The Bertz CT molecular complexity index is 1550. The molecule has 0 amide bonds. The van der Waals surface area contributed by atoms with Gasteiger partial charge in [-0.25, -0.2) is 0 Å². The van der Waals surface area contributed by atoms with Gasteiger partial charge in [-0.15, -0.1) is 0 Å². The second-order valence-corrected chi connectivity index (χ2v) is 9.46. The average Bonchev–Trinajstić information content (AvgIpc) is 3.27. The van der Waals surface area contributed by atoms with Gasteiger partial charge in [0.2, 0.25) is 0 Å². The lowest BCUT2D eigenvalue weighted by molar-refractivity contribution is -0.136. The van der Waals surface area contributed by atoms with Crippen molar-refractivity contribution in [1.29, 1.82) is 0 Å². The third-order valence-corrected chi connectivity index (χ3v) is 6.93. The second-order valence-electron chi connectivity index (χ2n) is 9.46. The molecule has 0 radical (unpaired) electrons. The summed E-state index contributed by atoms with van der Waals surface area (Å²) in [6.45, 7) is 0.357. The van der Waals surface area contributed by atoms with E-state index in [0.717, 1.165) is 35.8 Å². The summed E-state index contributed by atoms with van der Waals surface area (Å²) in [6, 6.07) is 27.6. The fourth-order valence-electron chi connectivity index (χ4n) is 5.15. The fourth-order valence-corrected chi connectivity index (χ4v) is 5.15. The molecular weight excluding hydrogens is 473 g/mol. The minimum atomic E-state index is -4.49. The molecule has 0 aliphatic heterocycles. The van der Waals surface area contributed by atoms with E-state index in [4.69, 9.17) is 4.74 Å². The first-order valence-corrected chi connectivity index (χ1v) is 12.5. The van der Waals surface area contributed by atoms with Crippen LogP contribution in [0.4, 0.5) is 13.2 Å². The number of hydrogen-bond acceptors (Lipinski definition) is 2. The number of aromatic nitrogens is 2. The third kappa shape index (κ3) is 4.71. The Balaban J connectivity index is 1.37. The molecule has 6 rings (SSSR count). The zero-order chi connectivity index (χ0) is 25.4. The van der Waals surface area contributed by atoms with Crippen molar-refractivity contribution >= 4 is 10.9 Å². The Kier molecular flexibility index (Phi) is 5.95. The van der Waals surface area contributed by atoms with Gasteiger partial charge in [0.15, 0.2) is 0 Å². The van der Waals surface area contributed by atoms with Crippen LogP contribution in [0, 0.1) is 0 Å². The molecule has 1 aromatic heterocycles. The van der Waals surface area contributed by atoms with Crippen molar-refractivity contribution in [2.45, 2.75) is 38.4 Å². The molecule has 3 nitrogen and oxygen atoms in total. The topological polar surface area (TPSA) is 27.1 Å². The zero-order valence-corrected chi connectivity index (χ0v) is 20.1. The Hall–Kier alpha value is -4.06. The summed E-state index contributed by atoms with van der Waals surface area (Å²) in [5.74, 6) is 1.47. The standard InChI is InChI=1S/C31H25F3N2O/c32-31(33,34)28-12-6-11-27-29(28)35-36(20-21-7-2-1-3-8-21)30(27)23-14-16-25(17-15-23)37-26-18-13-22-9-4-5-10-24(22)19-26/h1-3,6-8,11-19H,4-5,9-10,20H2. The van der Waals surface area contributed by atoms with Crippen molar-refractivity contribution in [1.82, 2.24) is 9.78 Å². The van der Waals surface area contributed by atoms with E-state index in [2.05, 4.69) is 17.2 Å². The highest BCUT2D eigenvalue weighted by atomic mass is 19.4. The smallest absolute Gasteiger partial charge is 0.418 e. The Morgan fingerprint density at radius 1 is 0.757 bits per heavy atom. The molecule has 5 aromatic rings. The molecule has 0 bridgehead atoms. The van der Waals surface area contributed by atoms with Crippen LogP contribution in [0.15, 0.2) is 91.0 Å². The van der Waals surface area contributed by atoms with E-state index in [1.165, 1.54) is 30.0 Å². The Morgan fingerprint density at radius 3 is 2.24 bits per heavy atom. The summed E-state index contributed by atoms with van der Waals surface area (Å²) in [5, 5.41) is 4.91. The number of halogens is 3. The summed E-state index contributed by atoms with van der Waals surface area (Å²) < 4.78 is 49.1. The Labute approximate surface area is 213 Å². The number of alkyl halides is 3. The van der Waals surface area contributed by atoms with Crippen molar-refractivity contribution in [2.75, 3.05) is 0 Å². The van der Waals surface area contributed by atoms with Crippen molar-refractivity contribution in [3.8, 4) is 22.8 Å². The molecule has 186 valence electrons. The lowest BCUT2D eigenvalue weighted by atomic mass is 9.92. The van der Waals surface area contributed by atoms with Crippen LogP contribution in [-0.4, -0.2) is 9.78 Å². The normalized spacial score (nSPS) is 13.5. The van der Waals surface area contributed by atoms with Gasteiger partial charge in [-0.2, -0.15) is 18.3 Å². The monoisotopic (exact) mass is 498 g/mol. The van der Waals surface area contributed by atoms with E-state index in [1.54, 1.807) is 10.7 Å². The van der Waals surface area contributed by atoms with Crippen LogP contribution >= 0.6 is 0 Å². The van der Waals surface area contributed by atoms with Gasteiger partial charge in [0.25, 0.3) is 0 Å². The summed E-state index contributed by atoms with van der Waals surface area (Å²) in [7, 11) is 0. The highest BCUT2D eigenvalue weighted by Crippen LogP contribution is 2.39. The van der Waals surface area contributed by atoms with Gasteiger partial charge >= 0.3 is 6.18 Å². The second kappa shape index (κ2) is 9.43. The number of nitrogens with zero attached hydrogens (tertiary/aromatic N) is 2. The van der Waals surface area contributed by atoms with Crippen molar-refractivity contribution in [3.05, 3.63) is 113 Å². The van der Waals surface area contributed by atoms with Crippen molar-refractivity contribution < 1.29 is 17.9 Å². The Morgan fingerprint density at radius 2 is 1.49 bits per heavy atom. The van der Waals surface area contributed by atoms with Crippen LogP contribution in [0.3, 0.4) is 0 Å². The molecule has 0 saturated heterocycles. The summed E-state index contributed by atoms with van der Waals surface area (Å²) in [5.41, 5.74) is 4.34. The molecule has 1 aliphatic rings. The first-order valence-electron chi connectivity index (χ1n) is 12.5. The minimum absolute atomic E-state index is 0.0460. The number of ether oxygens (including phenoxy) is 1. The SMILES string of the molecule is FC(F)(F)c1cccc2c(-c3ccc(Oc4ccc5c(c4)CCCC5)cc3)n(Cc3ccccc3)nc12. The predicted octanol–water partition coefficient (Wildman–Crippen LogP) is 8.44. The average molecular weight is 499 g/mol. The van der Waals surface area contributed by atoms with Crippen LogP contribution in [0.2, 0.25) is 0 Å². The minimum Gasteiger partial charge on any atom is -0.457 e. The lowest BCUT2D eigenvalue weighted by Gasteiger charge is -2.17. The van der Waals surface area contributed by atoms with E-state index < -0.39 is 11.7 Å². The largest absolute Gasteiger partial charge is 0.457 e. The summed E-state index contributed by atoms with van der Waals surface area (Å²) in [6.07, 6.45) is 0.130. The molecule has 1 aliphatic carbocycles. The van der Waals surface area contributed by atoms with Crippen LogP contribution in [-0.2, 0) is 25.6 Å². The number of benzene rings is 4. The first kappa shape index (κ1) is 23.3. The lowest BCUT2D eigenvalue weighted by Crippen LogP contribution is -2.06. The summed E-state index contributed by atoms with van der Waals surface area (Å²) in [4.78, 5) is 0. The number of aryl methyl sites for hydroxylation is 2. The van der Waals surface area contributed by atoms with Gasteiger partial charge in [0.05, 0.1) is 17.8 Å². The van der Waals surface area contributed by atoms with Gasteiger partial charge in [-0.05, 0) is 84.8 Å². The molecule has 0 N–H and O–H groups in total. The number of rotatable bonds is 5. The maximum atomic E-state index is 13.8. The molecule has 6 heteroatoms. The van der Waals surface area contributed by atoms with Crippen LogP contribution < -0.4 is 4.74 Å². The molecule has 1 heterocycles. The molecule has 4 aromatic carbocycles. The zero-order valence-electron chi connectivity index (χ0n) is 20.1. The maximum Gasteiger partial charge on any atom is 0.418 e. The van der Waals surface area contributed by atoms with Gasteiger partial charge in [0.1, 0.15) is 17.0 Å². The molecule has 0 unspecified atom stereocenters. The van der Waals surface area contributed by atoms with E-state index in [9.17, 15) is 13.2 Å². The van der Waals surface area contributed by atoms with E-state index in [1.807, 2.05) is 60.7 Å². The van der Waals surface area contributed by atoms with Gasteiger partial charge < -0.3 is 4.74 Å². The predicted molar refractivity (Wildman–Crippen MR) is 139 cm³/mol. The first-order chi connectivity index (χ1) is 18.0. The molecular formula is C31H25F3N2O. The third-order valence-electron chi connectivity index (χ3n) is 6.93. The van der Waals surface area contributed by atoms with E-state index in [0.29, 0.717) is 23.4 Å². The van der Waals surface area contributed by atoms with E-state index >= 15 is 0 Å². The quantitative estimate of drug-likeness (QED) is 0.243. The van der Waals surface area contributed by atoms with E-state index in [-0.39, 0.29) is 5.52 Å². The number of hydrogen-bond donors (Lipinski definition) is 0. The van der Waals surface area contributed by atoms with Gasteiger partial charge in [-0.1, -0.05) is 48.5 Å². The number of fused-ring (bicyclic) bond motifs is 2. The highest BCUT2D eigenvalue weighted by molar-refractivity contribution is 5.95. The van der Waals surface area contributed by atoms with Crippen LogP contribution in [0.25, 0.3) is 22.2 Å². The van der Waals surface area contributed by atoms with Crippen LogP contribution in [0.1, 0.15) is 35.1 Å². The molecule has 37 heavy (non-hydrogen) atoms. The fraction of sp³-hybridized carbons (Fsp3) is 0.194. The molecule has 0 fully saturated rings. The molecule has 0 saturated carbocycles. The van der Waals surface area contributed by atoms with Gasteiger partial charge in [0, 0.05) is 10.9 Å². The molecule has 0 atom stereocenters. The van der Waals surface area contributed by atoms with Gasteiger partial charge in [-0.3, -0.25) is 4.68 Å². The maximum absolute atomic E-state index is 13.8. The van der Waals surface area contributed by atoms with Crippen molar-refractivity contribution in [2.24, 2.45) is 0 Å². The van der Waals surface area contributed by atoms with Crippen molar-refractivity contribution in [3.63, 3.8) is 0 Å². The van der Waals surface area contributed by atoms with Crippen LogP contribution in [0.5, 0.6) is 11.5 Å².